The zero-order chi connectivity index (χ0) is 14.3. The molecule has 1 aromatic carbocycles. The van der Waals surface area contributed by atoms with Gasteiger partial charge in [0.2, 0.25) is 0 Å². The predicted octanol–water partition coefficient (Wildman–Crippen LogP) is 4.09. The molecule has 0 bridgehead atoms. The van der Waals surface area contributed by atoms with Gasteiger partial charge < -0.3 is 9.84 Å². The summed E-state index contributed by atoms with van der Waals surface area (Å²) >= 11 is 0. The van der Waals surface area contributed by atoms with Gasteiger partial charge in [-0.05, 0) is 41.9 Å². The molecule has 108 valence electrons. The smallest absolute Gasteiger partial charge is 0.122 e. The highest BCUT2D eigenvalue weighted by Crippen LogP contribution is 2.29. The van der Waals surface area contributed by atoms with Crippen molar-refractivity contribution in [3.63, 3.8) is 0 Å². The monoisotopic (exact) mass is 264 g/mol. The van der Waals surface area contributed by atoms with Crippen LogP contribution in [0.5, 0.6) is 5.75 Å². The molecule has 0 saturated heterocycles. The molecule has 2 nitrogen and oxygen atoms in total. The van der Waals surface area contributed by atoms with Crippen molar-refractivity contribution in [3.8, 4) is 5.75 Å². The third kappa shape index (κ3) is 5.23. The maximum atomic E-state index is 9.02. The molecule has 19 heavy (non-hydrogen) atoms. The van der Waals surface area contributed by atoms with E-state index in [0.717, 1.165) is 38.0 Å². The molecule has 0 saturated carbocycles. The number of aliphatic hydroxyl groups excluding tert-OH is 1. The van der Waals surface area contributed by atoms with Crippen LogP contribution in [0.3, 0.4) is 0 Å². The van der Waals surface area contributed by atoms with Gasteiger partial charge in [0.25, 0.3) is 0 Å². The summed E-state index contributed by atoms with van der Waals surface area (Å²) in [6, 6.07) is 6.48. The van der Waals surface area contributed by atoms with Crippen LogP contribution in [0.15, 0.2) is 18.2 Å². The van der Waals surface area contributed by atoms with Gasteiger partial charge in [-0.1, -0.05) is 46.2 Å². The second-order valence-corrected chi connectivity index (χ2v) is 6.10. The molecule has 0 aromatic heterocycles. The van der Waals surface area contributed by atoms with Gasteiger partial charge in [0.05, 0.1) is 6.61 Å². The lowest BCUT2D eigenvalue weighted by molar-refractivity contribution is 0.284. The van der Waals surface area contributed by atoms with Crippen LogP contribution in [0.1, 0.15) is 58.1 Å². The summed E-state index contributed by atoms with van der Waals surface area (Å²) in [5, 5.41) is 9.02. The number of ether oxygens (including phenoxy) is 1. The number of benzene rings is 1. The summed E-state index contributed by atoms with van der Waals surface area (Å²) in [5.74, 6) is 0.981. The van der Waals surface area contributed by atoms with Crippen molar-refractivity contribution in [1.82, 2.24) is 0 Å². The minimum Gasteiger partial charge on any atom is -0.493 e. The molecule has 0 heterocycles. The number of hydrogen-bond acceptors (Lipinski definition) is 2. The zero-order valence-electron chi connectivity index (χ0n) is 12.8. The minimum absolute atomic E-state index is 0.149. The quantitative estimate of drug-likeness (QED) is 0.752. The van der Waals surface area contributed by atoms with Gasteiger partial charge in [0.1, 0.15) is 5.75 Å². The Hall–Kier alpha value is -1.02. The summed E-state index contributed by atoms with van der Waals surface area (Å²) < 4.78 is 5.86. The van der Waals surface area contributed by atoms with Crippen LogP contribution in [-0.4, -0.2) is 18.3 Å². The Bertz CT molecular complexity index is 377. The largest absolute Gasteiger partial charge is 0.493 e. The van der Waals surface area contributed by atoms with Crippen molar-refractivity contribution in [1.29, 1.82) is 0 Å². The number of aryl methyl sites for hydroxylation is 1. The molecule has 0 radical (unpaired) electrons. The predicted molar refractivity (Wildman–Crippen MR) is 81.0 cm³/mol. The van der Waals surface area contributed by atoms with Crippen molar-refractivity contribution in [2.45, 2.75) is 58.8 Å². The standard InChI is InChI=1S/C17H28O2/c1-5-6-12-19-16-10-9-15(17(2,3)4)13-14(16)8-7-11-18/h9-10,13,18H,5-8,11-12H2,1-4H3. The average Bonchev–Trinajstić information content (AvgIpc) is 2.36. The Morgan fingerprint density at radius 2 is 1.89 bits per heavy atom. The third-order valence-corrected chi connectivity index (χ3v) is 3.29. The minimum atomic E-state index is 0.149. The number of unbranched alkanes of at least 4 members (excludes halogenated alkanes) is 1. The molecule has 1 rings (SSSR count). The first-order valence-electron chi connectivity index (χ1n) is 7.36. The number of rotatable bonds is 7. The summed E-state index contributed by atoms with van der Waals surface area (Å²) in [6.45, 7) is 9.83. The topological polar surface area (TPSA) is 29.5 Å². The molecule has 0 atom stereocenters. The summed E-state index contributed by atoms with van der Waals surface area (Å²) in [5.41, 5.74) is 2.69. The van der Waals surface area contributed by atoms with E-state index in [1.54, 1.807) is 0 Å². The van der Waals surface area contributed by atoms with Crippen molar-refractivity contribution < 1.29 is 9.84 Å². The highest BCUT2D eigenvalue weighted by molar-refractivity contribution is 5.39. The summed E-state index contributed by atoms with van der Waals surface area (Å²) in [4.78, 5) is 0. The van der Waals surface area contributed by atoms with E-state index < -0.39 is 0 Å². The van der Waals surface area contributed by atoms with E-state index in [4.69, 9.17) is 9.84 Å². The SMILES string of the molecule is CCCCOc1ccc(C(C)(C)C)cc1CCCO. The Morgan fingerprint density at radius 1 is 1.16 bits per heavy atom. The Morgan fingerprint density at radius 3 is 2.47 bits per heavy atom. The van der Waals surface area contributed by atoms with Crippen LogP contribution in [0.2, 0.25) is 0 Å². The van der Waals surface area contributed by atoms with Crippen LogP contribution in [0.4, 0.5) is 0 Å². The van der Waals surface area contributed by atoms with E-state index in [1.807, 2.05) is 0 Å². The highest BCUT2D eigenvalue weighted by Gasteiger charge is 2.15. The van der Waals surface area contributed by atoms with Crippen molar-refractivity contribution in [2.24, 2.45) is 0 Å². The lowest BCUT2D eigenvalue weighted by atomic mass is 9.85. The normalized spacial score (nSPS) is 11.6. The van der Waals surface area contributed by atoms with Gasteiger partial charge in [-0.15, -0.1) is 0 Å². The first kappa shape index (κ1) is 16.0. The molecular formula is C17H28O2. The second-order valence-electron chi connectivity index (χ2n) is 6.10. The average molecular weight is 264 g/mol. The molecule has 1 N–H and O–H groups in total. The van der Waals surface area contributed by atoms with Gasteiger partial charge in [-0.3, -0.25) is 0 Å². The van der Waals surface area contributed by atoms with Gasteiger partial charge in [0, 0.05) is 6.61 Å². The van der Waals surface area contributed by atoms with Gasteiger partial charge >= 0.3 is 0 Å². The molecule has 2 heteroatoms. The molecule has 1 aromatic rings. The molecule has 0 aliphatic heterocycles. The van der Waals surface area contributed by atoms with E-state index in [1.165, 1.54) is 11.1 Å². The van der Waals surface area contributed by atoms with Gasteiger partial charge in [-0.2, -0.15) is 0 Å². The van der Waals surface area contributed by atoms with E-state index in [0.29, 0.717) is 0 Å². The maximum Gasteiger partial charge on any atom is 0.122 e. The lowest BCUT2D eigenvalue weighted by Gasteiger charge is -2.21. The zero-order valence-corrected chi connectivity index (χ0v) is 12.8. The van der Waals surface area contributed by atoms with Crippen molar-refractivity contribution >= 4 is 0 Å². The van der Waals surface area contributed by atoms with Gasteiger partial charge in [-0.25, -0.2) is 0 Å². The lowest BCUT2D eigenvalue weighted by Crippen LogP contribution is -2.12. The van der Waals surface area contributed by atoms with Crippen LogP contribution in [-0.2, 0) is 11.8 Å². The summed E-state index contributed by atoms with van der Waals surface area (Å²) in [6.07, 6.45) is 3.89. The highest BCUT2D eigenvalue weighted by atomic mass is 16.5. The van der Waals surface area contributed by atoms with E-state index in [2.05, 4.69) is 45.9 Å². The fourth-order valence-corrected chi connectivity index (χ4v) is 1.98. The van der Waals surface area contributed by atoms with Crippen LogP contribution < -0.4 is 4.74 Å². The molecular weight excluding hydrogens is 236 g/mol. The van der Waals surface area contributed by atoms with E-state index in [-0.39, 0.29) is 12.0 Å². The Kier molecular flexibility index (Phi) is 6.36. The Labute approximate surface area is 117 Å². The van der Waals surface area contributed by atoms with Gasteiger partial charge in [0.15, 0.2) is 0 Å². The third-order valence-electron chi connectivity index (χ3n) is 3.29. The second kappa shape index (κ2) is 7.54. The fraction of sp³-hybridized carbons (Fsp3) is 0.647. The fourth-order valence-electron chi connectivity index (χ4n) is 1.98. The van der Waals surface area contributed by atoms with Crippen LogP contribution >= 0.6 is 0 Å². The Balaban J connectivity index is 2.89. The number of hydrogen-bond donors (Lipinski definition) is 1. The first-order valence-corrected chi connectivity index (χ1v) is 7.36. The van der Waals surface area contributed by atoms with Crippen LogP contribution in [0.25, 0.3) is 0 Å². The van der Waals surface area contributed by atoms with Crippen molar-refractivity contribution in [3.05, 3.63) is 29.3 Å². The van der Waals surface area contributed by atoms with Crippen molar-refractivity contribution in [2.75, 3.05) is 13.2 Å². The molecule has 0 spiro atoms. The van der Waals surface area contributed by atoms with E-state index >= 15 is 0 Å². The molecule has 0 unspecified atom stereocenters. The maximum absolute atomic E-state index is 9.02. The molecule has 0 fully saturated rings. The molecule has 0 amide bonds. The number of aliphatic hydroxyl groups is 1. The van der Waals surface area contributed by atoms with E-state index in [9.17, 15) is 0 Å². The summed E-state index contributed by atoms with van der Waals surface area (Å²) in [7, 11) is 0. The molecule has 0 aliphatic carbocycles. The molecule has 0 aliphatic rings. The van der Waals surface area contributed by atoms with Crippen LogP contribution in [0, 0.1) is 0 Å². The first-order chi connectivity index (χ1) is 8.99.